The summed E-state index contributed by atoms with van der Waals surface area (Å²) in [6.07, 6.45) is 5.29. The fraction of sp³-hybridized carbons (Fsp3) is 0.133. The number of anilines is 2. The maximum absolute atomic E-state index is 5.77. The Morgan fingerprint density at radius 3 is 2.52 bits per heavy atom. The van der Waals surface area contributed by atoms with Gasteiger partial charge in [-0.1, -0.05) is 18.2 Å². The first-order valence-corrected chi connectivity index (χ1v) is 6.55. The van der Waals surface area contributed by atoms with Gasteiger partial charge in [0.1, 0.15) is 17.7 Å². The van der Waals surface area contributed by atoms with E-state index in [1.54, 1.807) is 0 Å². The van der Waals surface area contributed by atoms with Crippen molar-refractivity contribution in [2.75, 3.05) is 24.7 Å². The summed E-state index contributed by atoms with van der Waals surface area (Å²) in [6, 6.07) is 8.26. The summed E-state index contributed by atoms with van der Waals surface area (Å²) in [5.74, 6) is 1.11. The third-order valence-electron chi connectivity index (χ3n) is 3.18. The van der Waals surface area contributed by atoms with Crippen LogP contribution < -0.4 is 10.6 Å². The molecule has 3 N–H and O–H groups in total. The van der Waals surface area contributed by atoms with Crippen molar-refractivity contribution in [3.8, 4) is 0 Å². The zero-order valence-corrected chi connectivity index (χ0v) is 11.9. The summed E-state index contributed by atoms with van der Waals surface area (Å²) in [5.41, 5.74) is 9.27. The lowest BCUT2D eigenvalue weighted by molar-refractivity contribution is 1.13. The van der Waals surface area contributed by atoms with Gasteiger partial charge in [-0.05, 0) is 23.8 Å². The smallest absolute Gasteiger partial charge is 0.183 e. The number of nitrogens with zero attached hydrogens (tertiary/aromatic N) is 4. The van der Waals surface area contributed by atoms with Gasteiger partial charge in [0.25, 0.3) is 0 Å². The third kappa shape index (κ3) is 2.69. The second-order valence-electron chi connectivity index (χ2n) is 4.90. The molecular formula is C15H16N6. The highest BCUT2D eigenvalue weighted by Gasteiger charge is 2.04. The summed E-state index contributed by atoms with van der Waals surface area (Å²) in [5, 5.41) is 0. The van der Waals surface area contributed by atoms with Crippen LogP contribution in [-0.2, 0) is 0 Å². The minimum atomic E-state index is 0.405. The predicted octanol–water partition coefficient (Wildman–Crippen LogP) is 2.17. The Morgan fingerprint density at radius 2 is 1.86 bits per heavy atom. The zero-order valence-electron chi connectivity index (χ0n) is 11.9. The molecule has 6 nitrogen and oxygen atoms in total. The van der Waals surface area contributed by atoms with Crippen LogP contribution in [0.15, 0.2) is 30.6 Å². The highest BCUT2D eigenvalue weighted by molar-refractivity contribution is 5.83. The topological polar surface area (TPSA) is 83.7 Å². The summed E-state index contributed by atoms with van der Waals surface area (Å²) < 4.78 is 0. The zero-order chi connectivity index (χ0) is 14.8. The van der Waals surface area contributed by atoms with Crippen LogP contribution in [-0.4, -0.2) is 34.0 Å². The van der Waals surface area contributed by atoms with Gasteiger partial charge >= 0.3 is 0 Å². The van der Waals surface area contributed by atoms with Crippen molar-refractivity contribution in [2.24, 2.45) is 0 Å². The average molecular weight is 280 g/mol. The molecule has 0 aliphatic rings. The van der Waals surface area contributed by atoms with Crippen molar-refractivity contribution in [3.63, 3.8) is 0 Å². The molecule has 3 aromatic rings. The first-order chi connectivity index (χ1) is 10.1. The SMILES string of the molecule is CN(C)c1ccc(/C=C/c2nc3ncnc(N)c3[nH]2)cc1. The summed E-state index contributed by atoms with van der Waals surface area (Å²) >= 11 is 0. The molecule has 0 saturated heterocycles. The van der Waals surface area contributed by atoms with Crippen molar-refractivity contribution >= 4 is 34.8 Å². The van der Waals surface area contributed by atoms with Gasteiger partial charge in [-0.3, -0.25) is 0 Å². The Bertz CT molecular complexity index is 786. The summed E-state index contributed by atoms with van der Waals surface area (Å²) in [6.45, 7) is 0. The quantitative estimate of drug-likeness (QED) is 0.768. The minimum Gasteiger partial charge on any atom is -0.382 e. The fourth-order valence-electron chi connectivity index (χ4n) is 2.00. The number of aromatic amines is 1. The van der Waals surface area contributed by atoms with Crippen molar-refractivity contribution in [2.45, 2.75) is 0 Å². The van der Waals surface area contributed by atoms with Crippen LogP contribution in [0.25, 0.3) is 23.3 Å². The standard InChI is InChI=1S/C15H16N6/c1-21(2)11-6-3-10(4-7-11)5-8-12-19-13-14(16)17-9-18-15(13)20-12/h3-9H,1-2H3,(H3,16,17,18,19,20)/b8-5+. The fourth-order valence-corrected chi connectivity index (χ4v) is 2.00. The Morgan fingerprint density at radius 1 is 1.10 bits per heavy atom. The van der Waals surface area contributed by atoms with Gasteiger partial charge in [0.15, 0.2) is 11.5 Å². The van der Waals surface area contributed by atoms with Gasteiger partial charge in [-0.25, -0.2) is 15.0 Å². The molecule has 21 heavy (non-hydrogen) atoms. The van der Waals surface area contributed by atoms with Gasteiger partial charge in [0.2, 0.25) is 0 Å². The van der Waals surface area contributed by atoms with Crippen LogP contribution in [0.4, 0.5) is 11.5 Å². The molecule has 0 bridgehead atoms. The number of rotatable bonds is 3. The number of hydrogen-bond acceptors (Lipinski definition) is 5. The Labute approximate surface area is 122 Å². The number of fused-ring (bicyclic) bond motifs is 1. The molecule has 0 saturated carbocycles. The van der Waals surface area contributed by atoms with Crippen LogP contribution >= 0.6 is 0 Å². The van der Waals surface area contributed by atoms with Crippen molar-refractivity contribution in [3.05, 3.63) is 42.0 Å². The second-order valence-corrected chi connectivity index (χ2v) is 4.90. The number of imidazole rings is 1. The molecule has 1 aromatic carbocycles. The second kappa shape index (κ2) is 5.24. The van der Waals surface area contributed by atoms with Crippen molar-refractivity contribution in [1.29, 1.82) is 0 Å². The molecule has 0 amide bonds. The lowest BCUT2D eigenvalue weighted by Gasteiger charge is -2.11. The highest BCUT2D eigenvalue weighted by Crippen LogP contribution is 2.16. The van der Waals surface area contributed by atoms with Gasteiger partial charge in [-0.2, -0.15) is 0 Å². The number of nitrogens with one attached hydrogen (secondary N) is 1. The van der Waals surface area contributed by atoms with E-state index in [2.05, 4.69) is 49.1 Å². The number of H-pyrrole nitrogens is 1. The van der Waals surface area contributed by atoms with E-state index >= 15 is 0 Å². The van der Waals surface area contributed by atoms with Crippen molar-refractivity contribution in [1.82, 2.24) is 19.9 Å². The van der Waals surface area contributed by atoms with E-state index < -0.39 is 0 Å². The normalized spacial score (nSPS) is 11.3. The lowest BCUT2D eigenvalue weighted by atomic mass is 10.2. The van der Waals surface area contributed by atoms with E-state index in [1.165, 1.54) is 12.0 Å². The summed E-state index contributed by atoms with van der Waals surface area (Å²) in [4.78, 5) is 17.5. The lowest BCUT2D eigenvalue weighted by Crippen LogP contribution is -2.07. The first kappa shape index (κ1) is 13.1. The predicted molar refractivity (Wildman–Crippen MR) is 85.8 cm³/mol. The molecule has 0 aliphatic carbocycles. The van der Waals surface area contributed by atoms with Gasteiger partial charge in [0.05, 0.1) is 0 Å². The highest BCUT2D eigenvalue weighted by atomic mass is 15.1. The van der Waals surface area contributed by atoms with Crippen LogP contribution in [0.1, 0.15) is 11.4 Å². The van der Waals surface area contributed by atoms with Crippen molar-refractivity contribution < 1.29 is 0 Å². The molecule has 0 radical (unpaired) electrons. The monoisotopic (exact) mass is 280 g/mol. The molecule has 3 rings (SSSR count). The van der Waals surface area contributed by atoms with Gasteiger partial charge in [-0.15, -0.1) is 0 Å². The van der Waals surface area contributed by atoms with E-state index in [0.29, 0.717) is 22.8 Å². The Hall–Kier alpha value is -2.89. The molecule has 0 atom stereocenters. The molecule has 0 fully saturated rings. The van der Waals surface area contributed by atoms with Gasteiger partial charge < -0.3 is 15.6 Å². The number of aromatic nitrogens is 4. The van der Waals surface area contributed by atoms with Crippen LogP contribution in [0.2, 0.25) is 0 Å². The van der Waals surface area contributed by atoms with Gasteiger partial charge in [0, 0.05) is 19.8 Å². The maximum atomic E-state index is 5.77. The van der Waals surface area contributed by atoms with Crippen LogP contribution in [0.5, 0.6) is 0 Å². The molecule has 106 valence electrons. The molecule has 0 spiro atoms. The van der Waals surface area contributed by atoms with Crippen LogP contribution in [0, 0.1) is 0 Å². The summed E-state index contributed by atoms with van der Waals surface area (Å²) in [7, 11) is 4.04. The number of benzene rings is 1. The molecular weight excluding hydrogens is 264 g/mol. The van der Waals surface area contributed by atoms with E-state index in [-0.39, 0.29) is 0 Å². The van der Waals surface area contributed by atoms with E-state index in [0.717, 1.165) is 5.56 Å². The average Bonchev–Trinajstić information content (AvgIpc) is 2.90. The van der Waals surface area contributed by atoms with Crippen LogP contribution in [0.3, 0.4) is 0 Å². The molecule has 2 aromatic heterocycles. The van der Waals surface area contributed by atoms with E-state index in [1.807, 2.05) is 26.2 Å². The molecule has 2 heterocycles. The first-order valence-electron chi connectivity index (χ1n) is 6.55. The molecule has 6 heteroatoms. The number of nitrogen functional groups attached to an aromatic ring is 1. The largest absolute Gasteiger partial charge is 0.382 e. The van der Waals surface area contributed by atoms with E-state index in [9.17, 15) is 0 Å². The maximum Gasteiger partial charge on any atom is 0.183 e. The Kier molecular flexibility index (Phi) is 3.27. The molecule has 0 unspecified atom stereocenters. The van der Waals surface area contributed by atoms with E-state index in [4.69, 9.17) is 5.73 Å². The third-order valence-corrected chi connectivity index (χ3v) is 3.18. The number of nitrogens with two attached hydrogens (primary N) is 1. The number of hydrogen-bond donors (Lipinski definition) is 2. The molecule has 0 aliphatic heterocycles. The Balaban J connectivity index is 1.85. The minimum absolute atomic E-state index is 0.405.